The van der Waals surface area contributed by atoms with Gasteiger partial charge in [-0.15, -0.1) is 11.3 Å². The Balaban J connectivity index is 1.90. The lowest BCUT2D eigenvalue weighted by Crippen LogP contribution is -2.48. The number of aromatic nitrogens is 1. The van der Waals surface area contributed by atoms with Crippen LogP contribution in [-0.4, -0.2) is 52.7 Å². The Hall–Kier alpha value is -2.25. The van der Waals surface area contributed by atoms with Crippen LogP contribution in [0.4, 0.5) is 0 Å². The second kappa shape index (κ2) is 6.47. The van der Waals surface area contributed by atoms with Crippen molar-refractivity contribution in [1.29, 1.82) is 0 Å². The molecule has 2 heterocycles. The normalized spacial score (nSPS) is 18.0. The van der Waals surface area contributed by atoms with Crippen molar-refractivity contribution in [2.75, 3.05) is 19.7 Å². The summed E-state index contributed by atoms with van der Waals surface area (Å²) in [5.74, 6) is -1.24. The number of amides is 1. The summed E-state index contributed by atoms with van der Waals surface area (Å²) in [5, 5.41) is 9.87. The largest absolute Gasteiger partial charge is 0.479 e. The molecule has 1 atom stereocenters. The molecule has 6 nitrogen and oxygen atoms in total. The van der Waals surface area contributed by atoms with Gasteiger partial charge in [-0.1, -0.05) is 30.3 Å². The minimum atomic E-state index is -1.05. The van der Waals surface area contributed by atoms with Crippen LogP contribution in [0.3, 0.4) is 0 Å². The monoisotopic (exact) mass is 332 g/mol. The van der Waals surface area contributed by atoms with E-state index in [9.17, 15) is 9.59 Å². The molecule has 1 aromatic carbocycles. The number of carboxylic acid groups (broad SMARTS) is 1. The maximum absolute atomic E-state index is 12.8. The van der Waals surface area contributed by atoms with Crippen LogP contribution in [0.5, 0.6) is 0 Å². The maximum atomic E-state index is 12.8. The van der Waals surface area contributed by atoms with Crippen molar-refractivity contribution in [1.82, 2.24) is 9.88 Å². The third-order valence-corrected chi connectivity index (χ3v) is 4.56. The van der Waals surface area contributed by atoms with Crippen LogP contribution in [0, 0.1) is 6.92 Å². The topological polar surface area (TPSA) is 79.7 Å². The van der Waals surface area contributed by atoms with E-state index in [2.05, 4.69) is 4.98 Å². The van der Waals surface area contributed by atoms with Gasteiger partial charge in [0.15, 0.2) is 6.10 Å². The van der Waals surface area contributed by atoms with Gasteiger partial charge in [0.1, 0.15) is 4.88 Å². The Morgan fingerprint density at radius 1 is 1.35 bits per heavy atom. The standard InChI is InChI=1S/C16H16N2O4S/c1-10-17-13(11-5-3-2-4-6-11)14(23-10)15(19)18-7-8-22-12(9-18)16(20)21/h2-6,12H,7-9H2,1H3,(H,20,21)/t12-/m1/s1. The van der Waals surface area contributed by atoms with E-state index in [0.29, 0.717) is 17.1 Å². The third-order valence-electron chi connectivity index (χ3n) is 3.60. The van der Waals surface area contributed by atoms with Crippen LogP contribution in [-0.2, 0) is 9.53 Å². The Morgan fingerprint density at radius 3 is 2.78 bits per heavy atom. The number of morpholine rings is 1. The average Bonchev–Trinajstić information content (AvgIpc) is 2.97. The fraction of sp³-hybridized carbons (Fsp3) is 0.312. The summed E-state index contributed by atoms with van der Waals surface area (Å²) in [5.41, 5.74) is 1.53. The molecular weight excluding hydrogens is 316 g/mol. The lowest BCUT2D eigenvalue weighted by Gasteiger charge is -2.30. The molecule has 1 aliphatic heterocycles. The highest BCUT2D eigenvalue weighted by Crippen LogP contribution is 2.29. The van der Waals surface area contributed by atoms with Crippen molar-refractivity contribution in [2.45, 2.75) is 13.0 Å². The third kappa shape index (κ3) is 3.25. The lowest BCUT2D eigenvalue weighted by molar-refractivity contribution is -0.154. The minimum absolute atomic E-state index is 0.0549. The van der Waals surface area contributed by atoms with Gasteiger partial charge in [0.25, 0.3) is 5.91 Å². The van der Waals surface area contributed by atoms with Gasteiger partial charge < -0.3 is 14.7 Å². The van der Waals surface area contributed by atoms with E-state index >= 15 is 0 Å². The zero-order valence-corrected chi connectivity index (χ0v) is 13.4. The Bertz CT molecular complexity index is 729. The highest BCUT2D eigenvalue weighted by atomic mass is 32.1. The van der Waals surface area contributed by atoms with Gasteiger partial charge in [-0.25, -0.2) is 9.78 Å². The number of nitrogens with zero attached hydrogens (tertiary/aromatic N) is 2. The van der Waals surface area contributed by atoms with Gasteiger partial charge in [0.2, 0.25) is 0 Å². The summed E-state index contributed by atoms with van der Waals surface area (Å²) in [6, 6.07) is 9.51. The van der Waals surface area contributed by atoms with Gasteiger partial charge in [-0.3, -0.25) is 4.79 Å². The van der Waals surface area contributed by atoms with Crippen molar-refractivity contribution < 1.29 is 19.4 Å². The number of rotatable bonds is 3. The number of hydrogen-bond acceptors (Lipinski definition) is 5. The van der Waals surface area contributed by atoms with Crippen molar-refractivity contribution in [2.24, 2.45) is 0 Å². The van der Waals surface area contributed by atoms with Crippen LogP contribution in [0.2, 0.25) is 0 Å². The number of carbonyl (C=O) groups is 2. The molecule has 120 valence electrons. The zero-order chi connectivity index (χ0) is 16.4. The SMILES string of the molecule is Cc1nc(-c2ccccc2)c(C(=O)N2CCO[C@@H](C(=O)O)C2)s1. The molecule has 1 amide bonds. The summed E-state index contributed by atoms with van der Waals surface area (Å²) in [4.78, 5) is 30.4. The number of aliphatic carboxylic acids is 1. The highest BCUT2D eigenvalue weighted by Gasteiger charge is 2.31. The summed E-state index contributed by atoms with van der Waals surface area (Å²) >= 11 is 1.33. The number of hydrogen-bond donors (Lipinski definition) is 1. The molecule has 0 aliphatic carbocycles. The number of carboxylic acids is 1. The summed E-state index contributed by atoms with van der Waals surface area (Å²) < 4.78 is 5.17. The molecule has 1 aliphatic rings. The zero-order valence-electron chi connectivity index (χ0n) is 12.6. The van der Waals surface area contributed by atoms with Crippen molar-refractivity contribution in [3.8, 4) is 11.3 Å². The number of aryl methyl sites for hydroxylation is 1. The second-order valence-corrected chi connectivity index (χ2v) is 6.43. The van der Waals surface area contributed by atoms with E-state index in [0.717, 1.165) is 10.6 Å². The first-order valence-electron chi connectivity index (χ1n) is 7.23. The molecule has 3 rings (SSSR count). The number of thiazole rings is 1. The molecule has 1 N–H and O–H groups in total. The minimum Gasteiger partial charge on any atom is -0.479 e. The van der Waals surface area contributed by atoms with Gasteiger partial charge in [-0.2, -0.15) is 0 Å². The fourth-order valence-electron chi connectivity index (χ4n) is 2.49. The summed E-state index contributed by atoms with van der Waals surface area (Å²) in [7, 11) is 0. The van der Waals surface area contributed by atoms with Gasteiger partial charge >= 0.3 is 5.97 Å². The van der Waals surface area contributed by atoms with E-state index in [1.165, 1.54) is 16.2 Å². The van der Waals surface area contributed by atoms with Crippen LogP contribution < -0.4 is 0 Å². The quantitative estimate of drug-likeness (QED) is 0.930. The van der Waals surface area contributed by atoms with Crippen LogP contribution in [0.25, 0.3) is 11.3 Å². The van der Waals surface area contributed by atoms with Gasteiger partial charge in [-0.05, 0) is 6.92 Å². The number of ether oxygens (including phenoxy) is 1. The Labute approximate surface area is 137 Å². The Kier molecular flexibility index (Phi) is 4.40. The number of benzene rings is 1. The van der Waals surface area contributed by atoms with E-state index in [-0.39, 0.29) is 19.1 Å². The molecule has 2 aromatic rings. The maximum Gasteiger partial charge on any atom is 0.334 e. The van der Waals surface area contributed by atoms with Gasteiger partial charge in [0, 0.05) is 12.1 Å². The molecular formula is C16H16N2O4S. The average molecular weight is 332 g/mol. The lowest BCUT2D eigenvalue weighted by atomic mass is 10.1. The van der Waals surface area contributed by atoms with E-state index in [1.54, 1.807) is 0 Å². The van der Waals surface area contributed by atoms with Gasteiger partial charge in [0.05, 0.1) is 23.9 Å². The van der Waals surface area contributed by atoms with E-state index in [4.69, 9.17) is 9.84 Å². The summed E-state index contributed by atoms with van der Waals surface area (Å²) in [6.07, 6.45) is -0.970. The number of carbonyl (C=O) groups excluding carboxylic acids is 1. The predicted octanol–water partition coefficient (Wildman–Crippen LogP) is 2.04. The van der Waals surface area contributed by atoms with Crippen LogP contribution in [0.1, 0.15) is 14.7 Å². The smallest absolute Gasteiger partial charge is 0.334 e. The second-order valence-electron chi connectivity index (χ2n) is 5.23. The fourth-order valence-corrected chi connectivity index (χ4v) is 3.40. The predicted molar refractivity (Wildman–Crippen MR) is 85.6 cm³/mol. The first-order chi connectivity index (χ1) is 11.1. The van der Waals surface area contributed by atoms with E-state index in [1.807, 2.05) is 37.3 Å². The molecule has 0 saturated carbocycles. The van der Waals surface area contributed by atoms with E-state index < -0.39 is 12.1 Å². The van der Waals surface area contributed by atoms with Crippen molar-refractivity contribution in [3.05, 3.63) is 40.2 Å². The van der Waals surface area contributed by atoms with Crippen LogP contribution >= 0.6 is 11.3 Å². The highest BCUT2D eigenvalue weighted by molar-refractivity contribution is 7.14. The van der Waals surface area contributed by atoms with Crippen molar-refractivity contribution in [3.63, 3.8) is 0 Å². The molecule has 0 bridgehead atoms. The summed E-state index contributed by atoms with van der Waals surface area (Å²) in [6.45, 7) is 2.52. The Morgan fingerprint density at radius 2 is 2.09 bits per heavy atom. The molecule has 0 unspecified atom stereocenters. The molecule has 1 aromatic heterocycles. The molecule has 7 heteroatoms. The van der Waals surface area contributed by atoms with Crippen LogP contribution in [0.15, 0.2) is 30.3 Å². The first kappa shape index (κ1) is 15.6. The molecule has 1 fully saturated rings. The first-order valence-corrected chi connectivity index (χ1v) is 8.04. The molecule has 0 spiro atoms. The molecule has 0 radical (unpaired) electrons. The molecule has 1 saturated heterocycles. The molecule has 23 heavy (non-hydrogen) atoms. The van der Waals surface area contributed by atoms with Crippen molar-refractivity contribution >= 4 is 23.2 Å².